The molecule has 0 spiro atoms. The number of rotatable bonds is 4. The molecule has 2 amide bonds. The highest BCUT2D eigenvalue weighted by atomic mass is 35.5. The second-order valence-corrected chi connectivity index (χ2v) is 9.83. The number of hydrogen-bond acceptors (Lipinski definition) is 5. The van der Waals surface area contributed by atoms with E-state index in [1.165, 1.54) is 0 Å². The van der Waals surface area contributed by atoms with Crippen molar-refractivity contribution in [1.29, 1.82) is 0 Å². The summed E-state index contributed by atoms with van der Waals surface area (Å²) in [6, 6.07) is 11.7. The highest BCUT2D eigenvalue weighted by Gasteiger charge is 2.26. The number of fused-ring (bicyclic) bond motifs is 1. The topological polar surface area (TPSA) is 73.7 Å². The van der Waals surface area contributed by atoms with Crippen molar-refractivity contribution < 1.29 is 9.59 Å². The molecule has 2 aromatic heterocycles. The summed E-state index contributed by atoms with van der Waals surface area (Å²) in [6.45, 7) is 10.4. The molecule has 2 saturated heterocycles. The molecule has 9 heteroatoms. The molecule has 35 heavy (non-hydrogen) atoms. The standard InChI is InChI=1S/C26H31ClN6O2/c1-18(2)30-11-13-32(14-12-30)25(34)19-3-4-22-20(15-19)16-23(26(35)31-9-7-28-8-10-31)33(22)21-5-6-29-24(27)17-21/h3-6,15-18,28H,7-14H2,1-2H3. The molecule has 5 rings (SSSR count). The molecule has 184 valence electrons. The lowest BCUT2D eigenvalue weighted by Crippen LogP contribution is -2.50. The van der Waals surface area contributed by atoms with Gasteiger partial charge in [-0.25, -0.2) is 4.98 Å². The number of carbonyl (C=O) groups excluding carboxylic acids is 2. The second-order valence-electron chi connectivity index (χ2n) is 9.44. The van der Waals surface area contributed by atoms with Gasteiger partial charge >= 0.3 is 0 Å². The van der Waals surface area contributed by atoms with Crippen molar-refractivity contribution in [3.05, 3.63) is 59.0 Å². The van der Waals surface area contributed by atoms with Crippen LogP contribution in [0.2, 0.25) is 5.15 Å². The molecule has 4 heterocycles. The molecule has 0 bridgehead atoms. The predicted molar refractivity (Wildman–Crippen MR) is 137 cm³/mol. The van der Waals surface area contributed by atoms with E-state index in [4.69, 9.17) is 11.6 Å². The molecule has 8 nitrogen and oxygen atoms in total. The van der Waals surface area contributed by atoms with E-state index in [9.17, 15) is 9.59 Å². The molecule has 0 unspecified atom stereocenters. The van der Waals surface area contributed by atoms with Gasteiger partial charge in [0.05, 0.1) is 11.2 Å². The minimum Gasteiger partial charge on any atom is -0.336 e. The predicted octanol–water partition coefficient (Wildman–Crippen LogP) is 2.89. The van der Waals surface area contributed by atoms with Crippen molar-refractivity contribution in [3.8, 4) is 5.69 Å². The van der Waals surface area contributed by atoms with E-state index >= 15 is 0 Å². The van der Waals surface area contributed by atoms with E-state index in [-0.39, 0.29) is 11.8 Å². The van der Waals surface area contributed by atoms with Crippen molar-refractivity contribution in [2.24, 2.45) is 0 Å². The largest absolute Gasteiger partial charge is 0.336 e. The van der Waals surface area contributed by atoms with Gasteiger partial charge in [0, 0.05) is 75.5 Å². The fourth-order valence-corrected chi connectivity index (χ4v) is 5.14. The number of aromatic nitrogens is 2. The SMILES string of the molecule is CC(C)N1CCN(C(=O)c2ccc3c(c2)cc(C(=O)N2CCNCC2)n3-c2ccnc(Cl)c2)CC1. The number of piperazine rings is 2. The lowest BCUT2D eigenvalue weighted by atomic mass is 10.1. The first-order valence-electron chi connectivity index (χ1n) is 12.2. The number of nitrogens with zero attached hydrogens (tertiary/aromatic N) is 5. The molecule has 2 aliphatic rings. The van der Waals surface area contributed by atoms with Crippen molar-refractivity contribution in [1.82, 2.24) is 29.6 Å². The van der Waals surface area contributed by atoms with Crippen LogP contribution < -0.4 is 5.32 Å². The maximum Gasteiger partial charge on any atom is 0.270 e. The fourth-order valence-electron chi connectivity index (χ4n) is 4.97. The Bertz CT molecular complexity index is 1240. The smallest absolute Gasteiger partial charge is 0.270 e. The van der Waals surface area contributed by atoms with Crippen LogP contribution in [0.25, 0.3) is 16.6 Å². The third-order valence-corrected chi connectivity index (χ3v) is 7.18. The van der Waals surface area contributed by atoms with Crippen LogP contribution in [-0.4, -0.2) is 94.5 Å². The first-order valence-corrected chi connectivity index (χ1v) is 12.6. The van der Waals surface area contributed by atoms with E-state index in [0.717, 1.165) is 55.9 Å². The van der Waals surface area contributed by atoms with Gasteiger partial charge in [0.2, 0.25) is 0 Å². The minimum atomic E-state index is -0.0340. The average Bonchev–Trinajstić information content (AvgIpc) is 3.27. The highest BCUT2D eigenvalue weighted by molar-refractivity contribution is 6.29. The number of nitrogens with one attached hydrogen (secondary N) is 1. The van der Waals surface area contributed by atoms with E-state index in [1.807, 2.05) is 44.7 Å². The van der Waals surface area contributed by atoms with Gasteiger partial charge in [-0.1, -0.05) is 11.6 Å². The average molecular weight is 495 g/mol. The maximum absolute atomic E-state index is 13.5. The molecule has 2 fully saturated rings. The zero-order chi connectivity index (χ0) is 24.5. The van der Waals surface area contributed by atoms with Crippen LogP contribution in [0.3, 0.4) is 0 Å². The Balaban J connectivity index is 1.51. The Kier molecular flexibility index (Phi) is 6.77. The first-order chi connectivity index (χ1) is 16.9. The van der Waals surface area contributed by atoms with Crippen LogP contribution >= 0.6 is 11.6 Å². The molecule has 0 atom stereocenters. The normalized spacial score (nSPS) is 17.4. The van der Waals surface area contributed by atoms with Crippen molar-refractivity contribution in [2.75, 3.05) is 52.4 Å². The number of pyridine rings is 1. The van der Waals surface area contributed by atoms with Crippen LogP contribution in [0, 0.1) is 0 Å². The van der Waals surface area contributed by atoms with E-state index in [1.54, 1.807) is 12.3 Å². The summed E-state index contributed by atoms with van der Waals surface area (Å²) in [5, 5.41) is 4.50. The van der Waals surface area contributed by atoms with E-state index in [2.05, 4.69) is 29.0 Å². The molecule has 0 saturated carbocycles. The number of hydrogen-bond donors (Lipinski definition) is 1. The lowest BCUT2D eigenvalue weighted by molar-refractivity contribution is 0.0595. The third-order valence-electron chi connectivity index (χ3n) is 6.97. The summed E-state index contributed by atoms with van der Waals surface area (Å²) >= 11 is 6.19. The van der Waals surface area contributed by atoms with Crippen LogP contribution in [0.5, 0.6) is 0 Å². The van der Waals surface area contributed by atoms with Crippen LogP contribution in [-0.2, 0) is 0 Å². The van der Waals surface area contributed by atoms with Gasteiger partial charge in [0.1, 0.15) is 10.8 Å². The molecular weight excluding hydrogens is 464 g/mol. The zero-order valence-corrected chi connectivity index (χ0v) is 21.0. The van der Waals surface area contributed by atoms with Gasteiger partial charge in [-0.15, -0.1) is 0 Å². The Morgan fingerprint density at radius 2 is 1.63 bits per heavy atom. The summed E-state index contributed by atoms with van der Waals surface area (Å²) in [6.07, 6.45) is 1.64. The Hall–Kier alpha value is -2.94. The van der Waals surface area contributed by atoms with Gasteiger partial charge in [0.15, 0.2) is 0 Å². The third kappa shape index (κ3) is 4.78. The molecule has 1 N–H and O–H groups in total. The molecule has 0 aliphatic carbocycles. The Morgan fingerprint density at radius 1 is 0.914 bits per heavy atom. The molecule has 3 aromatic rings. The Labute approximate surface area is 210 Å². The number of amides is 2. The molecule has 1 aromatic carbocycles. The number of benzene rings is 1. The number of halogens is 1. The summed E-state index contributed by atoms with van der Waals surface area (Å²) in [5.74, 6) is -0.00156. The van der Waals surface area contributed by atoms with Crippen molar-refractivity contribution in [2.45, 2.75) is 19.9 Å². The zero-order valence-electron chi connectivity index (χ0n) is 20.2. The minimum absolute atomic E-state index is 0.0324. The maximum atomic E-state index is 13.5. The van der Waals surface area contributed by atoms with Crippen molar-refractivity contribution >= 4 is 34.3 Å². The van der Waals surface area contributed by atoms with Crippen LogP contribution in [0.1, 0.15) is 34.7 Å². The van der Waals surface area contributed by atoms with Crippen LogP contribution in [0.4, 0.5) is 0 Å². The van der Waals surface area contributed by atoms with Crippen LogP contribution in [0.15, 0.2) is 42.6 Å². The monoisotopic (exact) mass is 494 g/mol. The summed E-state index contributed by atoms with van der Waals surface area (Å²) in [7, 11) is 0. The molecular formula is C26H31ClN6O2. The lowest BCUT2D eigenvalue weighted by Gasteiger charge is -2.37. The quantitative estimate of drug-likeness (QED) is 0.565. The summed E-state index contributed by atoms with van der Waals surface area (Å²) in [5.41, 5.74) is 2.81. The second kappa shape index (κ2) is 9.97. The first kappa shape index (κ1) is 23.8. The van der Waals surface area contributed by atoms with Gasteiger partial charge in [0.25, 0.3) is 11.8 Å². The molecule has 0 radical (unpaired) electrons. The van der Waals surface area contributed by atoms with Gasteiger partial charge in [-0.2, -0.15) is 0 Å². The summed E-state index contributed by atoms with van der Waals surface area (Å²) < 4.78 is 1.92. The van der Waals surface area contributed by atoms with E-state index < -0.39 is 0 Å². The van der Waals surface area contributed by atoms with Gasteiger partial charge in [-0.05, 0) is 50.2 Å². The summed E-state index contributed by atoms with van der Waals surface area (Å²) in [4.78, 5) is 37.1. The van der Waals surface area contributed by atoms with Crippen molar-refractivity contribution in [3.63, 3.8) is 0 Å². The highest BCUT2D eigenvalue weighted by Crippen LogP contribution is 2.28. The molecule has 2 aliphatic heterocycles. The Morgan fingerprint density at radius 3 is 2.31 bits per heavy atom. The van der Waals surface area contributed by atoms with Gasteiger partial charge < -0.3 is 19.7 Å². The van der Waals surface area contributed by atoms with Gasteiger partial charge in [-0.3, -0.25) is 14.5 Å². The number of carbonyl (C=O) groups is 2. The fraction of sp³-hybridized carbons (Fsp3) is 0.423. The van der Waals surface area contributed by atoms with E-state index in [0.29, 0.717) is 35.5 Å².